The van der Waals surface area contributed by atoms with Crippen molar-refractivity contribution < 1.29 is 18.7 Å². The van der Waals surface area contributed by atoms with Crippen LogP contribution in [0.5, 0.6) is 0 Å². The Bertz CT molecular complexity index is 969. The molecule has 4 rings (SSSR count). The zero-order valence-corrected chi connectivity index (χ0v) is 15.6. The highest BCUT2D eigenvalue weighted by atomic mass is 32.1. The molecule has 0 aliphatic carbocycles. The number of nitrogens with zero attached hydrogens (tertiary/aromatic N) is 4. The summed E-state index contributed by atoms with van der Waals surface area (Å²) in [5.41, 5.74) is 6.69. The van der Waals surface area contributed by atoms with Crippen LogP contribution in [0.1, 0.15) is 15.7 Å². The van der Waals surface area contributed by atoms with Gasteiger partial charge in [-0.2, -0.15) is 0 Å². The van der Waals surface area contributed by atoms with Crippen LogP contribution in [0.2, 0.25) is 0 Å². The molecule has 1 aliphatic heterocycles. The lowest BCUT2D eigenvalue weighted by atomic mass is 10.1. The molecule has 1 fully saturated rings. The van der Waals surface area contributed by atoms with Crippen LogP contribution in [0.15, 0.2) is 28.7 Å². The summed E-state index contributed by atoms with van der Waals surface area (Å²) in [5, 5.41) is 11.3. The van der Waals surface area contributed by atoms with Gasteiger partial charge in [0.25, 0.3) is 5.89 Å². The number of benzene rings is 1. The number of amides is 2. The van der Waals surface area contributed by atoms with Gasteiger partial charge >= 0.3 is 5.91 Å². The quantitative estimate of drug-likeness (QED) is 0.650. The van der Waals surface area contributed by atoms with Gasteiger partial charge in [-0.3, -0.25) is 9.59 Å². The summed E-state index contributed by atoms with van der Waals surface area (Å²) in [4.78, 5) is 31.1. The van der Waals surface area contributed by atoms with Crippen LogP contribution in [0.4, 0.5) is 5.13 Å². The number of nitrogen functional groups attached to an aromatic ring is 1. The normalized spacial score (nSPS) is 17.4. The van der Waals surface area contributed by atoms with E-state index in [9.17, 15) is 9.59 Å². The first kappa shape index (κ1) is 18.3. The van der Waals surface area contributed by atoms with Gasteiger partial charge in [0.15, 0.2) is 5.58 Å². The summed E-state index contributed by atoms with van der Waals surface area (Å²) in [6, 6.07) is 7.16. The second kappa shape index (κ2) is 7.90. The zero-order chi connectivity index (χ0) is 19.5. The molecule has 1 atom stereocenters. The summed E-state index contributed by atoms with van der Waals surface area (Å²) >= 11 is 1.21. The molecule has 3 heterocycles. The molecule has 0 bridgehead atoms. The number of nitrogens with one attached hydrogen (secondary N) is 1. The minimum absolute atomic E-state index is 0.00610. The summed E-state index contributed by atoms with van der Waals surface area (Å²) in [5.74, 6) is -1.10. The van der Waals surface area contributed by atoms with Gasteiger partial charge in [0, 0.05) is 13.1 Å². The van der Waals surface area contributed by atoms with E-state index >= 15 is 0 Å². The molecular formula is C17H18N6O4S. The summed E-state index contributed by atoms with van der Waals surface area (Å²) in [6.45, 7) is 1.35. The molecule has 0 spiro atoms. The van der Waals surface area contributed by atoms with Crippen LogP contribution < -0.4 is 11.1 Å². The van der Waals surface area contributed by atoms with Gasteiger partial charge in [-0.15, -0.1) is 10.2 Å². The van der Waals surface area contributed by atoms with Crippen LogP contribution in [0, 0.1) is 5.92 Å². The molecule has 146 valence electrons. The largest absolute Gasteiger partial charge is 0.432 e. The second-order valence-electron chi connectivity index (χ2n) is 6.26. The van der Waals surface area contributed by atoms with Crippen molar-refractivity contribution >= 4 is 39.4 Å². The molecule has 1 unspecified atom stereocenters. The topological polar surface area (TPSA) is 136 Å². The first-order valence-electron chi connectivity index (χ1n) is 8.68. The van der Waals surface area contributed by atoms with Crippen molar-refractivity contribution in [1.82, 2.24) is 25.4 Å². The summed E-state index contributed by atoms with van der Waals surface area (Å²) < 4.78 is 11.1. The van der Waals surface area contributed by atoms with E-state index < -0.39 is 5.92 Å². The first-order valence-corrected chi connectivity index (χ1v) is 9.50. The molecule has 10 nitrogen and oxygen atoms in total. The maximum absolute atomic E-state index is 12.8. The molecule has 2 amide bonds. The van der Waals surface area contributed by atoms with Crippen LogP contribution >= 0.6 is 11.3 Å². The Balaban J connectivity index is 1.42. The molecule has 3 aromatic rings. The monoisotopic (exact) mass is 402 g/mol. The Morgan fingerprint density at radius 1 is 1.32 bits per heavy atom. The van der Waals surface area contributed by atoms with Crippen LogP contribution in [0.3, 0.4) is 0 Å². The molecule has 3 N–H and O–H groups in total. The van der Waals surface area contributed by atoms with E-state index in [-0.39, 0.29) is 37.4 Å². The molecule has 28 heavy (non-hydrogen) atoms. The molecule has 1 aliphatic rings. The number of carbonyl (C=O) groups is 2. The molecular weight excluding hydrogens is 384 g/mol. The molecule has 1 saturated heterocycles. The van der Waals surface area contributed by atoms with E-state index in [0.717, 1.165) is 0 Å². The lowest BCUT2D eigenvalue weighted by molar-refractivity contribution is -0.126. The van der Waals surface area contributed by atoms with Crippen molar-refractivity contribution in [2.24, 2.45) is 5.92 Å². The van der Waals surface area contributed by atoms with Gasteiger partial charge in [0.2, 0.25) is 11.0 Å². The average Bonchev–Trinajstić information content (AvgIpc) is 3.23. The fraction of sp³-hybridized carbons (Fsp3) is 0.353. The van der Waals surface area contributed by atoms with Gasteiger partial charge in [-0.05, 0) is 12.1 Å². The SMILES string of the molecule is Nc1nnc(CNC(=O)C2COCCN(C(=O)c3nc4ccccc4o3)C2)s1. The third-order valence-corrected chi connectivity index (χ3v) is 5.05. The van der Waals surface area contributed by atoms with Crippen LogP contribution in [0.25, 0.3) is 11.1 Å². The van der Waals surface area contributed by atoms with Crippen LogP contribution in [-0.4, -0.2) is 58.2 Å². The van der Waals surface area contributed by atoms with Crippen molar-refractivity contribution in [1.29, 1.82) is 0 Å². The van der Waals surface area contributed by atoms with Crippen molar-refractivity contribution in [3.8, 4) is 0 Å². The van der Waals surface area contributed by atoms with Gasteiger partial charge in [0.1, 0.15) is 10.5 Å². The fourth-order valence-corrected chi connectivity index (χ4v) is 3.45. The molecule has 0 saturated carbocycles. The number of ether oxygens (including phenoxy) is 1. The van der Waals surface area contributed by atoms with Crippen molar-refractivity contribution in [2.45, 2.75) is 6.54 Å². The number of para-hydroxylation sites is 2. The van der Waals surface area contributed by atoms with E-state index in [2.05, 4.69) is 20.5 Å². The number of hydrogen-bond donors (Lipinski definition) is 2. The first-order chi connectivity index (χ1) is 13.6. The maximum Gasteiger partial charge on any atom is 0.309 e. The smallest absolute Gasteiger partial charge is 0.309 e. The fourth-order valence-electron chi connectivity index (χ4n) is 2.90. The number of rotatable bonds is 4. The summed E-state index contributed by atoms with van der Waals surface area (Å²) in [6.07, 6.45) is 0. The highest BCUT2D eigenvalue weighted by Crippen LogP contribution is 2.18. The number of aromatic nitrogens is 3. The minimum atomic E-state index is -0.513. The highest BCUT2D eigenvalue weighted by Gasteiger charge is 2.30. The number of fused-ring (bicyclic) bond motifs is 1. The van der Waals surface area contributed by atoms with E-state index in [4.69, 9.17) is 14.9 Å². The number of carbonyl (C=O) groups excluding carboxylic acids is 2. The maximum atomic E-state index is 12.8. The van der Waals surface area contributed by atoms with E-state index in [0.29, 0.717) is 34.4 Å². The lowest BCUT2D eigenvalue weighted by Crippen LogP contribution is -2.41. The van der Waals surface area contributed by atoms with Gasteiger partial charge in [-0.1, -0.05) is 23.5 Å². The Morgan fingerprint density at radius 3 is 2.96 bits per heavy atom. The Morgan fingerprint density at radius 2 is 2.18 bits per heavy atom. The number of hydrogen-bond acceptors (Lipinski definition) is 9. The number of oxazole rings is 1. The molecule has 1 aromatic carbocycles. The predicted octanol–water partition coefficient (Wildman–Crippen LogP) is 0.666. The standard InChI is InChI=1S/C17H18N6O4S/c18-17-22-21-13(28-17)7-19-14(24)10-8-23(5-6-26-9-10)16(25)15-20-11-3-1-2-4-12(11)27-15/h1-4,10H,5-9H2,(H2,18,22)(H,19,24). The third-order valence-electron chi connectivity index (χ3n) is 4.30. The lowest BCUT2D eigenvalue weighted by Gasteiger charge is -2.21. The molecule has 11 heteroatoms. The average molecular weight is 402 g/mol. The second-order valence-corrected chi connectivity index (χ2v) is 7.36. The zero-order valence-electron chi connectivity index (χ0n) is 14.8. The van der Waals surface area contributed by atoms with E-state index in [1.165, 1.54) is 16.2 Å². The van der Waals surface area contributed by atoms with Crippen molar-refractivity contribution in [3.05, 3.63) is 35.2 Å². The highest BCUT2D eigenvalue weighted by molar-refractivity contribution is 7.15. The molecule has 0 radical (unpaired) electrons. The Labute approximate surface area is 163 Å². The number of anilines is 1. The summed E-state index contributed by atoms with van der Waals surface area (Å²) in [7, 11) is 0. The minimum Gasteiger partial charge on any atom is -0.432 e. The van der Waals surface area contributed by atoms with Gasteiger partial charge in [0.05, 0.1) is 25.7 Å². The van der Waals surface area contributed by atoms with E-state index in [1.807, 2.05) is 12.1 Å². The number of nitrogens with two attached hydrogens (primary N) is 1. The van der Waals surface area contributed by atoms with Crippen molar-refractivity contribution in [3.63, 3.8) is 0 Å². The predicted molar refractivity (Wildman–Crippen MR) is 100 cm³/mol. The molecule has 2 aromatic heterocycles. The Hall–Kier alpha value is -3.05. The van der Waals surface area contributed by atoms with Gasteiger partial charge in [-0.25, -0.2) is 4.98 Å². The van der Waals surface area contributed by atoms with E-state index in [1.54, 1.807) is 12.1 Å². The Kier molecular flexibility index (Phi) is 5.17. The van der Waals surface area contributed by atoms with Crippen LogP contribution in [-0.2, 0) is 16.1 Å². The third kappa shape index (κ3) is 3.94. The van der Waals surface area contributed by atoms with Gasteiger partial charge < -0.3 is 25.1 Å². The van der Waals surface area contributed by atoms with Crippen molar-refractivity contribution in [2.75, 3.05) is 32.0 Å².